The Bertz CT molecular complexity index is 1910. The van der Waals surface area contributed by atoms with Crippen molar-refractivity contribution < 1.29 is 47.6 Å². The van der Waals surface area contributed by atoms with Gasteiger partial charge in [-0.15, -0.1) is 0 Å². The van der Waals surface area contributed by atoms with E-state index < -0.39 is 29.2 Å². The van der Waals surface area contributed by atoms with Crippen molar-refractivity contribution >= 4 is 40.1 Å². The number of aromatic nitrogens is 1. The quantitative estimate of drug-likeness (QED) is 0.0765. The van der Waals surface area contributed by atoms with Crippen molar-refractivity contribution in [3.8, 4) is 0 Å². The Hall–Kier alpha value is -4.93. The van der Waals surface area contributed by atoms with Crippen LogP contribution in [-0.4, -0.2) is 37.4 Å². The third-order valence-electron chi connectivity index (χ3n) is 9.99. The Morgan fingerprint density at radius 1 is 0.552 bits per heavy atom. The Balaban J connectivity index is 0.000000209. The maximum atomic E-state index is 14.2. The second-order valence-electron chi connectivity index (χ2n) is 14.2. The van der Waals surface area contributed by atoms with Gasteiger partial charge in [0, 0.05) is 31.4 Å². The molecule has 0 atom stereocenters. The van der Waals surface area contributed by atoms with E-state index in [2.05, 4.69) is 40.8 Å². The number of nitrogens with zero attached hydrogens (tertiary/aromatic N) is 5. The molecule has 1 aromatic heterocycles. The zero-order chi connectivity index (χ0) is 40.6. The number of hydrogen-bond donors (Lipinski definition) is 0. The van der Waals surface area contributed by atoms with E-state index >= 15 is 0 Å². The zero-order valence-electron chi connectivity index (χ0n) is 33.2. The number of benzene rings is 4. The van der Waals surface area contributed by atoms with Gasteiger partial charge in [0.15, 0.2) is 0 Å². The van der Waals surface area contributed by atoms with Gasteiger partial charge in [-0.25, -0.2) is 17.6 Å². The number of pyridine rings is 1. The van der Waals surface area contributed by atoms with E-state index in [1.54, 1.807) is 12.1 Å². The first-order chi connectivity index (χ1) is 27.7. The molecule has 0 amide bonds. The monoisotopic (exact) mass is 975 g/mol. The van der Waals surface area contributed by atoms with Crippen molar-refractivity contribution in [3.63, 3.8) is 0 Å². The molecule has 2 aliphatic rings. The van der Waals surface area contributed by atoms with Crippen LogP contribution in [0.1, 0.15) is 88.5 Å². The number of carbonyl (C=O) groups excluding carboxylic acids is 1. The van der Waals surface area contributed by atoms with Crippen LogP contribution in [0.4, 0.5) is 51.7 Å². The second kappa shape index (κ2) is 23.5. The first kappa shape index (κ1) is 45.8. The molecule has 0 aliphatic carbocycles. The molecule has 4 aromatic carbocycles. The third kappa shape index (κ3) is 12.5. The Morgan fingerprint density at radius 2 is 0.966 bits per heavy atom. The molecule has 0 unspecified atom stereocenters. The molecular formula is C46H52F4IrN5O2+2. The minimum atomic E-state index is -1.24. The molecule has 12 heteroatoms. The molecule has 7 nitrogen and oxygen atoms in total. The smallest absolute Gasteiger partial charge is 0.543 e. The van der Waals surface area contributed by atoms with Gasteiger partial charge in [0.1, 0.15) is 23.3 Å². The summed E-state index contributed by atoms with van der Waals surface area (Å²) in [5.41, 5.74) is 5.04. The third-order valence-corrected chi connectivity index (χ3v) is 9.99. The summed E-state index contributed by atoms with van der Waals surface area (Å²) in [6.45, 7) is 7.56. The minimum Gasteiger partial charge on any atom is -0.543 e. The molecule has 0 radical (unpaired) electrons. The second-order valence-corrected chi connectivity index (χ2v) is 14.2. The summed E-state index contributed by atoms with van der Waals surface area (Å²) >= 11 is 0. The van der Waals surface area contributed by atoms with Crippen molar-refractivity contribution in [2.45, 2.75) is 78.1 Å². The van der Waals surface area contributed by atoms with E-state index in [4.69, 9.17) is 0 Å². The standard InChI is InChI=1S/2C20H24F2N2.C6H5NO2.Ir/c2*1-2-3-4-5-8-13-23-15-24(20-10-7-6-9-19(20)23)18-12-11-16(21)14-17(18)22;8-6(9)5-3-1-2-4-7-5;/h2*6-7,9-12,14H,2-5,8,13,15H2,1H3;1-4H,(H,8,9);/q;;;+3/p-1. The number of rotatable bonds is 15. The summed E-state index contributed by atoms with van der Waals surface area (Å²) < 4.78 is 54.8. The van der Waals surface area contributed by atoms with Crippen LogP contribution in [0.5, 0.6) is 0 Å². The van der Waals surface area contributed by atoms with E-state index in [-0.39, 0.29) is 25.8 Å². The molecule has 58 heavy (non-hydrogen) atoms. The number of halogens is 4. The van der Waals surface area contributed by atoms with Gasteiger partial charge >= 0.3 is 20.1 Å². The van der Waals surface area contributed by atoms with Crippen LogP contribution >= 0.6 is 0 Å². The number of para-hydroxylation sites is 4. The molecule has 308 valence electrons. The number of carboxylic acids is 1. The average Bonchev–Trinajstić information content (AvgIpc) is 3.77. The number of carboxylic acid groups (broad SMARTS) is 1. The Labute approximate surface area is 353 Å². The molecule has 0 fully saturated rings. The molecular weight excluding hydrogens is 923 g/mol. The van der Waals surface area contributed by atoms with Crippen LogP contribution in [-0.2, 0) is 20.1 Å². The summed E-state index contributed by atoms with van der Waals surface area (Å²) in [6.07, 6.45) is 13.7. The molecule has 7 rings (SSSR count). The number of unbranched alkanes of at least 4 members (excludes halogenated alkanes) is 8. The van der Waals surface area contributed by atoms with Gasteiger partial charge < -0.3 is 29.5 Å². The fourth-order valence-electron chi connectivity index (χ4n) is 7.06. The summed E-state index contributed by atoms with van der Waals surface area (Å²) in [5.74, 6) is -3.37. The largest absolute Gasteiger partial charge is 3.00 e. The van der Waals surface area contributed by atoms with Crippen LogP contribution in [0, 0.1) is 23.3 Å². The number of carbonyl (C=O) groups is 1. The van der Waals surface area contributed by atoms with Crippen LogP contribution in [0.15, 0.2) is 109 Å². The zero-order valence-corrected chi connectivity index (χ0v) is 35.6. The SMILES string of the molecule is CCCCCCCN1CN(c2ccc(F)cc2F)c2ccccc21.CCCCCCCN1CN(c2ccc(F)cc2F)c2ccccc21.O=C([O-])c1ccccn1.[Ir+3]. The van der Waals surface area contributed by atoms with Gasteiger partial charge in [-0.05, 0) is 73.5 Å². The van der Waals surface area contributed by atoms with Crippen molar-refractivity contribution in [1.82, 2.24) is 4.98 Å². The average molecular weight is 975 g/mol. The first-order valence-corrected chi connectivity index (χ1v) is 20.0. The predicted octanol–water partition coefficient (Wildman–Crippen LogP) is 11.1. The van der Waals surface area contributed by atoms with Crippen molar-refractivity contribution in [2.75, 3.05) is 46.0 Å². The molecule has 0 N–H and O–H groups in total. The van der Waals surface area contributed by atoms with E-state index in [1.165, 1.54) is 87.9 Å². The van der Waals surface area contributed by atoms with Crippen LogP contribution in [0.25, 0.3) is 0 Å². The maximum Gasteiger partial charge on any atom is 3.00 e. The van der Waals surface area contributed by atoms with Crippen molar-refractivity contribution in [2.24, 2.45) is 0 Å². The van der Waals surface area contributed by atoms with Gasteiger partial charge in [-0.2, -0.15) is 0 Å². The van der Waals surface area contributed by atoms with Gasteiger partial charge in [-0.1, -0.05) is 95.5 Å². The molecule has 5 aromatic rings. The van der Waals surface area contributed by atoms with Crippen molar-refractivity contribution in [1.29, 1.82) is 0 Å². The van der Waals surface area contributed by atoms with Crippen LogP contribution < -0.4 is 24.7 Å². The normalized spacial score (nSPS) is 12.5. The topological polar surface area (TPSA) is 66.0 Å². The van der Waals surface area contributed by atoms with Crippen LogP contribution in [0.2, 0.25) is 0 Å². The van der Waals surface area contributed by atoms with Gasteiger partial charge in [0.2, 0.25) is 0 Å². The molecule has 0 saturated heterocycles. The van der Waals surface area contributed by atoms with E-state index in [0.29, 0.717) is 24.7 Å². The summed E-state index contributed by atoms with van der Waals surface area (Å²) in [6, 6.07) is 28.3. The van der Waals surface area contributed by atoms with Gasteiger partial charge in [0.25, 0.3) is 0 Å². The maximum absolute atomic E-state index is 14.2. The van der Waals surface area contributed by atoms with Gasteiger partial charge in [-0.3, -0.25) is 4.98 Å². The fourth-order valence-corrected chi connectivity index (χ4v) is 7.06. The summed E-state index contributed by atoms with van der Waals surface area (Å²) in [5, 5.41) is 10.0. The molecule has 2 aliphatic heterocycles. The van der Waals surface area contributed by atoms with Gasteiger partial charge in [0.05, 0.1) is 59.1 Å². The minimum absolute atomic E-state index is 0. The Kier molecular flexibility index (Phi) is 18.5. The molecule has 3 heterocycles. The van der Waals surface area contributed by atoms with E-state index in [9.17, 15) is 27.5 Å². The predicted molar refractivity (Wildman–Crippen MR) is 220 cm³/mol. The van der Waals surface area contributed by atoms with E-state index in [1.807, 2.05) is 46.2 Å². The van der Waals surface area contributed by atoms with Crippen LogP contribution in [0.3, 0.4) is 0 Å². The number of fused-ring (bicyclic) bond motifs is 2. The fraction of sp³-hybridized carbons (Fsp3) is 0.348. The number of hydrogen-bond acceptors (Lipinski definition) is 7. The first-order valence-electron chi connectivity index (χ1n) is 20.0. The number of anilines is 6. The summed E-state index contributed by atoms with van der Waals surface area (Å²) in [7, 11) is 0. The molecule has 0 saturated carbocycles. The summed E-state index contributed by atoms with van der Waals surface area (Å²) in [4.78, 5) is 22.0. The molecule has 0 bridgehead atoms. The van der Waals surface area contributed by atoms with Crippen molar-refractivity contribution in [3.05, 3.63) is 138 Å². The Morgan fingerprint density at radius 3 is 1.33 bits per heavy atom. The van der Waals surface area contributed by atoms with E-state index in [0.717, 1.165) is 60.8 Å². The number of aromatic carboxylic acids is 1. The molecule has 0 spiro atoms.